The van der Waals surface area contributed by atoms with Crippen molar-refractivity contribution in [1.82, 2.24) is 0 Å². The number of carbonyl (C=O) groups excluding carboxylic acids is 1. The van der Waals surface area contributed by atoms with E-state index in [-0.39, 0.29) is 5.75 Å². The highest BCUT2D eigenvalue weighted by molar-refractivity contribution is 6.05. The van der Waals surface area contributed by atoms with E-state index in [4.69, 9.17) is 15.3 Å². The fourth-order valence-corrected chi connectivity index (χ4v) is 1.21. The average Bonchev–Trinajstić information content (AvgIpc) is 2.46. The van der Waals surface area contributed by atoms with Crippen molar-refractivity contribution in [1.29, 1.82) is 0 Å². The maximum atomic E-state index is 10.9. The third-order valence-corrected chi connectivity index (χ3v) is 1.82. The van der Waals surface area contributed by atoms with Crippen molar-refractivity contribution < 1.29 is 14.3 Å². The maximum absolute atomic E-state index is 10.9. The van der Waals surface area contributed by atoms with Crippen LogP contribution >= 0.6 is 0 Å². The molecule has 0 saturated carbocycles. The zero-order valence-electron chi connectivity index (χ0n) is 6.65. The van der Waals surface area contributed by atoms with E-state index in [0.717, 1.165) is 0 Å². The first-order chi connectivity index (χ1) is 6.18. The summed E-state index contributed by atoms with van der Waals surface area (Å²) in [7, 11) is 0. The smallest absolute Gasteiger partial charge is 0.252 e. The number of carbonyl (C=O) groups is 1. The Balaban J connectivity index is 2.76. The highest BCUT2D eigenvalue weighted by Crippen LogP contribution is 2.24. The summed E-state index contributed by atoms with van der Waals surface area (Å²) in [6, 6.07) is 4.50. The number of rotatable bonds is 1. The van der Waals surface area contributed by atoms with Crippen LogP contribution in [-0.4, -0.2) is 11.0 Å². The SMILES string of the molecule is NC(=O)c1coc2cc(O)ccc12. The molecule has 0 fully saturated rings. The van der Waals surface area contributed by atoms with E-state index in [2.05, 4.69) is 0 Å². The van der Waals surface area contributed by atoms with Crippen molar-refractivity contribution in [3.05, 3.63) is 30.0 Å². The Morgan fingerprint density at radius 3 is 2.92 bits per heavy atom. The summed E-state index contributed by atoms with van der Waals surface area (Å²) >= 11 is 0. The van der Waals surface area contributed by atoms with Crippen molar-refractivity contribution >= 4 is 16.9 Å². The summed E-state index contributed by atoms with van der Waals surface area (Å²) in [4.78, 5) is 10.9. The molecule has 1 amide bonds. The largest absolute Gasteiger partial charge is 0.508 e. The van der Waals surface area contributed by atoms with E-state index in [1.54, 1.807) is 6.07 Å². The van der Waals surface area contributed by atoms with Crippen LogP contribution in [0.1, 0.15) is 10.4 Å². The van der Waals surface area contributed by atoms with Gasteiger partial charge in [0, 0.05) is 11.5 Å². The standard InChI is InChI=1S/C9H7NO3/c10-9(12)7-4-13-8-3-5(11)1-2-6(7)8/h1-4,11H,(H2,10,12). The van der Waals surface area contributed by atoms with Crippen molar-refractivity contribution in [3.8, 4) is 5.75 Å². The van der Waals surface area contributed by atoms with Gasteiger partial charge in [-0.05, 0) is 12.1 Å². The number of aromatic hydroxyl groups is 1. The third-order valence-electron chi connectivity index (χ3n) is 1.82. The highest BCUT2D eigenvalue weighted by Gasteiger charge is 2.10. The Bertz CT molecular complexity index is 473. The molecule has 4 nitrogen and oxygen atoms in total. The van der Waals surface area contributed by atoms with Crippen molar-refractivity contribution in [2.24, 2.45) is 5.73 Å². The molecule has 0 aliphatic heterocycles. The molecule has 0 unspecified atom stereocenters. The fourth-order valence-electron chi connectivity index (χ4n) is 1.21. The number of amides is 1. The van der Waals surface area contributed by atoms with E-state index >= 15 is 0 Å². The van der Waals surface area contributed by atoms with E-state index in [1.807, 2.05) is 0 Å². The lowest BCUT2D eigenvalue weighted by Crippen LogP contribution is -2.09. The Labute approximate surface area is 73.6 Å². The molecule has 0 radical (unpaired) electrons. The molecule has 1 aromatic carbocycles. The van der Waals surface area contributed by atoms with E-state index in [9.17, 15) is 4.79 Å². The topological polar surface area (TPSA) is 76.5 Å². The van der Waals surface area contributed by atoms with Gasteiger partial charge in [-0.1, -0.05) is 0 Å². The van der Waals surface area contributed by atoms with Gasteiger partial charge in [-0.15, -0.1) is 0 Å². The van der Waals surface area contributed by atoms with Crippen LogP contribution in [-0.2, 0) is 0 Å². The summed E-state index contributed by atoms with van der Waals surface area (Å²) in [5.41, 5.74) is 5.88. The zero-order valence-corrected chi connectivity index (χ0v) is 6.65. The molecule has 0 bridgehead atoms. The number of furan rings is 1. The molecular formula is C9H7NO3. The van der Waals surface area contributed by atoms with Gasteiger partial charge in [0.1, 0.15) is 17.6 Å². The van der Waals surface area contributed by atoms with Gasteiger partial charge in [0.05, 0.1) is 5.56 Å². The van der Waals surface area contributed by atoms with E-state index in [1.165, 1.54) is 18.4 Å². The van der Waals surface area contributed by atoms with Crippen LogP contribution in [0, 0.1) is 0 Å². The number of primary amides is 1. The lowest BCUT2D eigenvalue weighted by atomic mass is 10.1. The molecule has 66 valence electrons. The van der Waals surface area contributed by atoms with Gasteiger partial charge in [0.2, 0.25) is 0 Å². The molecule has 0 aliphatic rings. The molecule has 3 N–H and O–H groups in total. The average molecular weight is 177 g/mol. The van der Waals surface area contributed by atoms with Gasteiger partial charge < -0.3 is 15.3 Å². The van der Waals surface area contributed by atoms with Gasteiger partial charge in [-0.25, -0.2) is 0 Å². The number of nitrogens with two attached hydrogens (primary N) is 1. The quantitative estimate of drug-likeness (QED) is 0.687. The first-order valence-electron chi connectivity index (χ1n) is 3.68. The van der Waals surface area contributed by atoms with Crippen LogP contribution in [0.5, 0.6) is 5.75 Å². The lowest BCUT2D eigenvalue weighted by Gasteiger charge is -1.91. The van der Waals surface area contributed by atoms with Gasteiger partial charge >= 0.3 is 0 Å². The first kappa shape index (κ1) is 7.67. The minimum absolute atomic E-state index is 0.0953. The second-order valence-corrected chi connectivity index (χ2v) is 2.69. The molecule has 13 heavy (non-hydrogen) atoms. The van der Waals surface area contributed by atoms with Crippen LogP contribution in [0.25, 0.3) is 11.0 Å². The Morgan fingerprint density at radius 1 is 1.46 bits per heavy atom. The first-order valence-corrected chi connectivity index (χ1v) is 3.68. The molecule has 4 heteroatoms. The van der Waals surface area contributed by atoms with Gasteiger partial charge in [0.25, 0.3) is 5.91 Å². The number of hydrogen-bond donors (Lipinski definition) is 2. The second-order valence-electron chi connectivity index (χ2n) is 2.69. The van der Waals surface area contributed by atoms with Crippen LogP contribution in [0.2, 0.25) is 0 Å². The van der Waals surface area contributed by atoms with Crippen molar-refractivity contribution in [3.63, 3.8) is 0 Å². The molecule has 2 aromatic rings. The molecule has 2 rings (SSSR count). The van der Waals surface area contributed by atoms with Crippen LogP contribution in [0.4, 0.5) is 0 Å². The number of phenols is 1. The van der Waals surface area contributed by atoms with Crippen molar-refractivity contribution in [2.75, 3.05) is 0 Å². The highest BCUT2D eigenvalue weighted by atomic mass is 16.3. The van der Waals surface area contributed by atoms with Gasteiger partial charge in [-0.3, -0.25) is 4.79 Å². The molecule has 1 heterocycles. The fraction of sp³-hybridized carbons (Fsp3) is 0. The monoisotopic (exact) mass is 177 g/mol. The van der Waals surface area contributed by atoms with Crippen LogP contribution in [0.15, 0.2) is 28.9 Å². The summed E-state index contributed by atoms with van der Waals surface area (Å²) < 4.78 is 5.03. The second kappa shape index (κ2) is 2.52. The van der Waals surface area contributed by atoms with Crippen molar-refractivity contribution in [2.45, 2.75) is 0 Å². The van der Waals surface area contributed by atoms with Crippen LogP contribution in [0.3, 0.4) is 0 Å². The minimum Gasteiger partial charge on any atom is -0.508 e. The molecule has 0 atom stereocenters. The number of benzene rings is 1. The Hall–Kier alpha value is -1.97. The van der Waals surface area contributed by atoms with Gasteiger partial charge in [-0.2, -0.15) is 0 Å². The normalized spacial score (nSPS) is 10.5. The lowest BCUT2D eigenvalue weighted by molar-refractivity contribution is 0.100. The van der Waals surface area contributed by atoms with Gasteiger partial charge in [0.15, 0.2) is 0 Å². The van der Waals surface area contributed by atoms with E-state index in [0.29, 0.717) is 16.5 Å². The summed E-state index contributed by atoms with van der Waals surface area (Å²) in [6.45, 7) is 0. The molecule has 0 saturated heterocycles. The molecular weight excluding hydrogens is 170 g/mol. The van der Waals surface area contributed by atoms with Crippen LogP contribution < -0.4 is 5.73 Å². The number of hydrogen-bond acceptors (Lipinski definition) is 3. The minimum atomic E-state index is -0.538. The zero-order chi connectivity index (χ0) is 9.42. The predicted molar refractivity (Wildman–Crippen MR) is 46.4 cm³/mol. The predicted octanol–water partition coefficient (Wildman–Crippen LogP) is 1.24. The summed E-state index contributed by atoms with van der Waals surface area (Å²) in [5, 5.41) is 9.72. The summed E-state index contributed by atoms with van der Waals surface area (Å²) in [5.74, 6) is -0.442. The Morgan fingerprint density at radius 2 is 2.23 bits per heavy atom. The summed E-state index contributed by atoms with van der Waals surface area (Å²) in [6.07, 6.45) is 1.28. The van der Waals surface area contributed by atoms with E-state index < -0.39 is 5.91 Å². The maximum Gasteiger partial charge on any atom is 0.252 e. The number of fused-ring (bicyclic) bond motifs is 1. The molecule has 0 spiro atoms. The Kier molecular flexibility index (Phi) is 1.48. The number of phenolic OH excluding ortho intramolecular Hbond substituents is 1. The third kappa shape index (κ3) is 1.12. The molecule has 0 aliphatic carbocycles. The molecule has 1 aromatic heterocycles.